The second-order valence-corrected chi connectivity index (χ2v) is 7.81. The number of ether oxygens (including phenoxy) is 1. The van der Waals surface area contributed by atoms with E-state index in [0.29, 0.717) is 22.7 Å². The van der Waals surface area contributed by atoms with Crippen LogP contribution >= 0.6 is 0 Å². The van der Waals surface area contributed by atoms with Crippen molar-refractivity contribution < 1.29 is 28.3 Å². The SMILES string of the molecule is CC(=O)Oc1ccc(N2C(=O)[C@H]3[C@H](ON(c4ccccc4)[C@@H]3c3ccc(F)cc3)C2=O)cc1. The van der Waals surface area contributed by atoms with Gasteiger partial charge in [0, 0.05) is 6.92 Å². The highest BCUT2D eigenvalue weighted by Crippen LogP contribution is 2.47. The number of imide groups is 1. The van der Waals surface area contributed by atoms with E-state index in [0.717, 1.165) is 4.90 Å². The molecule has 2 heterocycles. The Labute approximate surface area is 188 Å². The first-order chi connectivity index (χ1) is 15.9. The van der Waals surface area contributed by atoms with Crippen LogP contribution in [0.3, 0.4) is 0 Å². The van der Waals surface area contributed by atoms with Crippen LogP contribution in [0.5, 0.6) is 5.75 Å². The fraction of sp³-hybridized carbons (Fsp3) is 0.160. The van der Waals surface area contributed by atoms with Crippen LogP contribution in [0, 0.1) is 11.7 Å². The Bertz CT molecular complexity index is 1210. The van der Waals surface area contributed by atoms with Gasteiger partial charge >= 0.3 is 5.97 Å². The summed E-state index contributed by atoms with van der Waals surface area (Å²) in [6, 6.07) is 20.4. The molecule has 0 bridgehead atoms. The van der Waals surface area contributed by atoms with Gasteiger partial charge in [0.15, 0.2) is 6.10 Å². The fourth-order valence-electron chi connectivity index (χ4n) is 4.30. The van der Waals surface area contributed by atoms with Crippen LogP contribution in [0.25, 0.3) is 0 Å². The maximum Gasteiger partial charge on any atom is 0.308 e. The summed E-state index contributed by atoms with van der Waals surface area (Å²) in [6.45, 7) is 1.29. The molecule has 2 fully saturated rings. The van der Waals surface area contributed by atoms with Crippen molar-refractivity contribution in [3.8, 4) is 5.75 Å². The van der Waals surface area contributed by atoms with Gasteiger partial charge in [0.2, 0.25) is 5.91 Å². The summed E-state index contributed by atoms with van der Waals surface area (Å²) in [5, 5.41) is 1.56. The molecule has 0 N–H and O–H groups in total. The zero-order valence-electron chi connectivity index (χ0n) is 17.6. The average Bonchev–Trinajstić information content (AvgIpc) is 3.31. The molecular formula is C25H19FN2O5. The molecule has 0 saturated carbocycles. The van der Waals surface area contributed by atoms with E-state index in [1.165, 1.54) is 43.3 Å². The fourth-order valence-corrected chi connectivity index (χ4v) is 4.30. The van der Waals surface area contributed by atoms with E-state index >= 15 is 0 Å². The van der Waals surface area contributed by atoms with E-state index < -0.39 is 41.7 Å². The molecule has 0 aliphatic carbocycles. The molecule has 5 rings (SSSR count). The number of hydrogen-bond acceptors (Lipinski definition) is 6. The van der Waals surface area contributed by atoms with E-state index in [2.05, 4.69) is 0 Å². The van der Waals surface area contributed by atoms with E-state index in [1.807, 2.05) is 30.3 Å². The van der Waals surface area contributed by atoms with Gasteiger partial charge in [0.05, 0.1) is 17.4 Å². The number of hydroxylamine groups is 1. The molecule has 3 aromatic carbocycles. The molecular weight excluding hydrogens is 427 g/mol. The minimum Gasteiger partial charge on any atom is -0.427 e. The quantitative estimate of drug-likeness (QED) is 0.345. The van der Waals surface area contributed by atoms with E-state index in [1.54, 1.807) is 17.2 Å². The third kappa shape index (κ3) is 3.64. The van der Waals surface area contributed by atoms with Crippen molar-refractivity contribution in [3.63, 3.8) is 0 Å². The third-order valence-electron chi connectivity index (χ3n) is 5.69. The second kappa shape index (κ2) is 8.14. The molecule has 2 aliphatic rings. The van der Waals surface area contributed by atoms with Gasteiger partial charge in [0.25, 0.3) is 5.91 Å². The molecule has 2 saturated heterocycles. The van der Waals surface area contributed by atoms with Crippen molar-refractivity contribution in [1.82, 2.24) is 0 Å². The predicted octanol–water partition coefficient (Wildman–Crippen LogP) is 3.80. The highest BCUT2D eigenvalue weighted by molar-refractivity contribution is 6.23. The lowest BCUT2D eigenvalue weighted by Gasteiger charge is -2.28. The number of anilines is 2. The zero-order valence-corrected chi connectivity index (χ0v) is 17.6. The first kappa shape index (κ1) is 20.8. The number of nitrogens with zero attached hydrogens (tertiary/aromatic N) is 2. The van der Waals surface area contributed by atoms with Crippen LogP contribution in [-0.4, -0.2) is 23.9 Å². The van der Waals surface area contributed by atoms with Gasteiger partial charge in [-0.15, -0.1) is 0 Å². The van der Waals surface area contributed by atoms with Crippen LogP contribution in [0.4, 0.5) is 15.8 Å². The van der Waals surface area contributed by atoms with Crippen LogP contribution in [0.15, 0.2) is 78.9 Å². The summed E-state index contributed by atoms with van der Waals surface area (Å²) in [4.78, 5) is 45.1. The zero-order chi connectivity index (χ0) is 23.1. The van der Waals surface area contributed by atoms with Crippen LogP contribution in [0.2, 0.25) is 0 Å². The summed E-state index contributed by atoms with van der Waals surface area (Å²) in [7, 11) is 0. The van der Waals surface area contributed by atoms with Gasteiger partial charge in [-0.3, -0.25) is 19.2 Å². The highest BCUT2D eigenvalue weighted by Gasteiger charge is 2.60. The van der Waals surface area contributed by atoms with Gasteiger partial charge in [0.1, 0.15) is 17.5 Å². The highest BCUT2D eigenvalue weighted by atomic mass is 19.1. The first-order valence-corrected chi connectivity index (χ1v) is 10.4. The largest absolute Gasteiger partial charge is 0.427 e. The lowest BCUT2D eigenvalue weighted by Crippen LogP contribution is -2.37. The van der Waals surface area contributed by atoms with E-state index in [9.17, 15) is 18.8 Å². The third-order valence-corrected chi connectivity index (χ3v) is 5.69. The lowest BCUT2D eigenvalue weighted by molar-refractivity contribution is -0.132. The molecule has 2 aliphatic heterocycles. The van der Waals surface area contributed by atoms with Crippen molar-refractivity contribution in [2.75, 3.05) is 9.96 Å². The van der Waals surface area contributed by atoms with E-state index in [-0.39, 0.29) is 0 Å². The van der Waals surface area contributed by atoms with Crippen molar-refractivity contribution in [2.24, 2.45) is 5.92 Å². The van der Waals surface area contributed by atoms with E-state index in [4.69, 9.17) is 9.57 Å². The number of fused-ring (bicyclic) bond motifs is 1. The number of carbonyl (C=O) groups excluding carboxylic acids is 3. The van der Waals surface area contributed by atoms with Crippen LogP contribution in [-0.2, 0) is 19.2 Å². The number of rotatable bonds is 4. The number of carbonyl (C=O) groups is 3. The molecule has 8 heteroatoms. The Morgan fingerprint density at radius 1 is 0.879 bits per heavy atom. The smallest absolute Gasteiger partial charge is 0.308 e. The molecule has 2 amide bonds. The van der Waals surface area contributed by atoms with Gasteiger partial charge in [-0.05, 0) is 54.1 Å². The number of halogens is 1. The maximum absolute atomic E-state index is 13.6. The normalized spacial score (nSPS) is 21.9. The second-order valence-electron chi connectivity index (χ2n) is 7.81. The number of para-hydroxylation sites is 1. The van der Waals surface area contributed by atoms with Gasteiger partial charge < -0.3 is 4.74 Å². The number of benzene rings is 3. The minimum absolute atomic E-state index is 0.307. The molecule has 0 aromatic heterocycles. The number of amides is 2. The van der Waals surface area contributed by atoms with Crippen molar-refractivity contribution in [3.05, 3.63) is 90.2 Å². The van der Waals surface area contributed by atoms with Gasteiger partial charge in [-0.2, -0.15) is 0 Å². The lowest BCUT2D eigenvalue weighted by atomic mass is 9.90. The van der Waals surface area contributed by atoms with Gasteiger partial charge in [-0.25, -0.2) is 14.4 Å². The molecule has 3 aromatic rings. The van der Waals surface area contributed by atoms with Crippen molar-refractivity contribution >= 4 is 29.2 Å². The molecule has 3 atom stereocenters. The molecule has 0 radical (unpaired) electrons. The number of esters is 1. The van der Waals surface area contributed by atoms with Crippen LogP contribution in [0.1, 0.15) is 18.5 Å². The summed E-state index contributed by atoms with van der Waals surface area (Å²) in [6.07, 6.45) is -1.03. The molecule has 33 heavy (non-hydrogen) atoms. The Balaban J connectivity index is 1.51. The Morgan fingerprint density at radius 2 is 1.55 bits per heavy atom. The van der Waals surface area contributed by atoms with Crippen molar-refractivity contribution in [1.29, 1.82) is 0 Å². The Kier molecular flexibility index (Phi) is 5.14. The summed E-state index contributed by atoms with van der Waals surface area (Å²) in [5.74, 6) is -2.29. The number of hydrogen-bond donors (Lipinski definition) is 0. The Morgan fingerprint density at radius 3 is 2.18 bits per heavy atom. The monoisotopic (exact) mass is 446 g/mol. The first-order valence-electron chi connectivity index (χ1n) is 10.4. The van der Waals surface area contributed by atoms with Crippen molar-refractivity contribution in [2.45, 2.75) is 19.1 Å². The standard InChI is InChI=1S/C25H19FN2O5/c1-15(29)32-20-13-11-18(12-14-20)27-24(30)21-22(16-7-9-17(26)10-8-16)28(33-23(21)25(27)31)19-5-3-2-4-6-19/h2-14,21-23H,1H3/t21-,22-,23+/m1/s1. The molecule has 0 spiro atoms. The summed E-state index contributed by atoms with van der Waals surface area (Å²) >= 11 is 0. The minimum atomic E-state index is -1.03. The predicted molar refractivity (Wildman–Crippen MR) is 117 cm³/mol. The maximum atomic E-state index is 13.6. The molecule has 166 valence electrons. The molecule has 0 unspecified atom stereocenters. The molecule has 7 nitrogen and oxygen atoms in total. The summed E-state index contributed by atoms with van der Waals surface area (Å²) < 4.78 is 18.6. The van der Waals surface area contributed by atoms with Gasteiger partial charge in [-0.1, -0.05) is 30.3 Å². The van der Waals surface area contributed by atoms with Crippen LogP contribution < -0.4 is 14.7 Å². The Hall–Kier alpha value is -4.04. The summed E-state index contributed by atoms with van der Waals surface area (Å²) in [5.41, 5.74) is 1.68. The topological polar surface area (TPSA) is 76.2 Å². The average molecular weight is 446 g/mol.